The van der Waals surface area contributed by atoms with Crippen molar-refractivity contribution in [1.82, 2.24) is 5.43 Å². The van der Waals surface area contributed by atoms with E-state index in [9.17, 15) is 0 Å². The molecule has 17 heavy (non-hydrogen) atoms. The second-order valence-electron chi connectivity index (χ2n) is 3.71. The number of hydrogen-bond acceptors (Lipinski definition) is 5. The zero-order valence-electron chi connectivity index (χ0n) is 10.7. The Morgan fingerprint density at radius 2 is 1.82 bits per heavy atom. The van der Waals surface area contributed by atoms with Crippen molar-refractivity contribution in [3.63, 3.8) is 0 Å². The number of ether oxygens (including phenoxy) is 3. The Bertz CT molecular complexity index is 354. The summed E-state index contributed by atoms with van der Waals surface area (Å²) in [6, 6.07) is 5.55. The highest BCUT2D eigenvalue weighted by Crippen LogP contribution is 2.25. The van der Waals surface area contributed by atoms with Crippen molar-refractivity contribution in [2.45, 2.75) is 19.3 Å². The summed E-state index contributed by atoms with van der Waals surface area (Å²) in [7, 11) is 4.80. The zero-order valence-corrected chi connectivity index (χ0v) is 10.7. The van der Waals surface area contributed by atoms with Gasteiger partial charge in [-0.25, -0.2) is 5.43 Å². The van der Waals surface area contributed by atoms with Crippen LogP contribution in [0.15, 0.2) is 18.2 Å². The van der Waals surface area contributed by atoms with Crippen molar-refractivity contribution in [2.24, 2.45) is 5.84 Å². The highest BCUT2D eigenvalue weighted by atomic mass is 16.7. The van der Waals surface area contributed by atoms with Gasteiger partial charge in [0.25, 0.3) is 0 Å². The Balaban J connectivity index is 3.03. The summed E-state index contributed by atoms with van der Waals surface area (Å²) in [5.74, 6) is 6.37. The number of benzene rings is 1. The van der Waals surface area contributed by atoms with Crippen LogP contribution in [-0.4, -0.2) is 27.6 Å². The van der Waals surface area contributed by atoms with Crippen molar-refractivity contribution in [2.75, 3.05) is 21.3 Å². The lowest BCUT2D eigenvalue weighted by atomic mass is 10.0. The van der Waals surface area contributed by atoms with E-state index in [4.69, 9.17) is 20.1 Å². The number of nitrogens with two attached hydrogens (primary N) is 1. The molecule has 0 aliphatic heterocycles. The van der Waals surface area contributed by atoms with E-state index in [2.05, 4.69) is 5.43 Å². The molecule has 0 aliphatic carbocycles. The van der Waals surface area contributed by atoms with Gasteiger partial charge in [0, 0.05) is 14.2 Å². The fraction of sp³-hybridized carbons (Fsp3) is 0.500. The minimum Gasteiger partial charge on any atom is -0.497 e. The van der Waals surface area contributed by atoms with Crippen LogP contribution in [0.1, 0.15) is 17.2 Å². The van der Waals surface area contributed by atoms with E-state index in [1.165, 1.54) is 0 Å². The molecule has 0 saturated heterocycles. The third-order valence-electron chi connectivity index (χ3n) is 2.73. The molecule has 0 bridgehead atoms. The number of aryl methyl sites for hydroxylation is 1. The standard InChI is InChI=1S/C12H20N2O3/c1-8-7-9(15-2)5-6-10(8)11(14-13)12(16-3)17-4/h5-7,11-12,14H,13H2,1-4H3. The first kappa shape index (κ1) is 13.9. The summed E-state index contributed by atoms with van der Waals surface area (Å²) < 4.78 is 15.6. The molecule has 96 valence electrons. The summed E-state index contributed by atoms with van der Waals surface area (Å²) in [5, 5.41) is 0. The van der Waals surface area contributed by atoms with Crippen LogP contribution in [0.5, 0.6) is 5.75 Å². The molecule has 0 amide bonds. The van der Waals surface area contributed by atoms with Crippen LogP contribution in [0, 0.1) is 6.92 Å². The smallest absolute Gasteiger partial charge is 0.177 e. The number of methoxy groups -OCH3 is 3. The highest BCUT2D eigenvalue weighted by molar-refractivity contribution is 5.36. The Morgan fingerprint density at radius 1 is 1.18 bits per heavy atom. The Labute approximate surface area is 102 Å². The fourth-order valence-electron chi connectivity index (χ4n) is 1.81. The van der Waals surface area contributed by atoms with E-state index in [1.807, 2.05) is 25.1 Å². The molecule has 5 nitrogen and oxygen atoms in total. The summed E-state index contributed by atoms with van der Waals surface area (Å²) in [5.41, 5.74) is 4.78. The molecule has 1 rings (SSSR count). The van der Waals surface area contributed by atoms with Gasteiger partial charge in [-0.15, -0.1) is 0 Å². The van der Waals surface area contributed by atoms with Gasteiger partial charge in [0.15, 0.2) is 6.29 Å². The third kappa shape index (κ3) is 3.17. The number of nitrogens with one attached hydrogen (secondary N) is 1. The average Bonchev–Trinajstić information content (AvgIpc) is 2.36. The van der Waals surface area contributed by atoms with Crippen molar-refractivity contribution >= 4 is 0 Å². The van der Waals surface area contributed by atoms with E-state index in [1.54, 1.807) is 21.3 Å². The minimum atomic E-state index is -0.438. The molecule has 1 aromatic carbocycles. The average molecular weight is 240 g/mol. The summed E-state index contributed by atoms with van der Waals surface area (Å²) >= 11 is 0. The second-order valence-corrected chi connectivity index (χ2v) is 3.71. The Morgan fingerprint density at radius 3 is 2.24 bits per heavy atom. The molecule has 0 fully saturated rings. The normalized spacial score (nSPS) is 12.8. The first-order valence-electron chi connectivity index (χ1n) is 5.34. The molecule has 0 heterocycles. The quantitative estimate of drug-likeness (QED) is 0.443. The maximum atomic E-state index is 5.56. The van der Waals surface area contributed by atoms with Crippen molar-refractivity contribution in [3.8, 4) is 5.75 Å². The first-order chi connectivity index (χ1) is 8.17. The number of rotatable bonds is 6. The Kier molecular flexibility index (Phi) is 5.37. The topological polar surface area (TPSA) is 65.7 Å². The molecule has 5 heteroatoms. The second kappa shape index (κ2) is 6.56. The lowest BCUT2D eigenvalue weighted by Crippen LogP contribution is -2.38. The molecule has 0 saturated carbocycles. The zero-order chi connectivity index (χ0) is 12.8. The SMILES string of the molecule is COc1ccc(C(NN)C(OC)OC)c(C)c1. The predicted molar refractivity (Wildman–Crippen MR) is 65.6 cm³/mol. The molecule has 1 atom stereocenters. The van der Waals surface area contributed by atoms with E-state index in [0.29, 0.717) is 0 Å². The van der Waals surface area contributed by atoms with Crippen LogP contribution in [0.4, 0.5) is 0 Å². The van der Waals surface area contributed by atoms with E-state index < -0.39 is 6.29 Å². The van der Waals surface area contributed by atoms with Gasteiger partial charge in [-0.2, -0.15) is 0 Å². The molecule has 3 N–H and O–H groups in total. The molecule has 0 spiro atoms. The molecular formula is C12H20N2O3. The van der Waals surface area contributed by atoms with Gasteiger partial charge in [-0.1, -0.05) is 6.07 Å². The van der Waals surface area contributed by atoms with Gasteiger partial charge in [0.2, 0.25) is 0 Å². The van der Waals surface area contributed by atoms with Crippen molar-refractivity contribution in [3.05, 3.63) is 29.3 Å². The van der Waals surface area contributed by atoms with Crippen LogP contribution >= 0.6 is 0 Å². The lowest BCUT2D eigenvalue weighted by molar-refractivity contribution is -0.124. The molecule has 0 aromatic heterocycles. The summed E-state index contributed by atoms with van der Waals surface area (Å²) in [6.45, 7) is 1.99. The van der Waals surface area contributed by atoms with Crippen LogP contribution in [0.3, 0.4) is 0 Å². The molecule has 1 unspecified atom stereocenters. The van der Waals surface area contributed by atoms with Crippen LogP contribution in [0.2, 0.25) is 0 Å². The maximum absolute atomic E-state index is 5.56. The molecule has 0 radical (unpaired) electrons. The predicted octanol–water partition coefficient (Wildman–Crippen LogP) is 1.13. The van der Waals surface area contributed by atoms with Crippen LogP contribution in [-0.2, 0) is 9.47 Å². The maximum Gasteiger partial charge on any atom is 0.177 e. The monoisotopic (exact) mass is 240 g/mol. The largest absolute Gasteiger partial charge is 0.497 e. The van der Waals surface area contributed by atoms with Crippen LogP contribution < -0.4 is 16.0 Å². The number of hydrogen-bond donors (Lipinski definition) is 2. The fourth-order valence-corrected chi connectivity index (χ4v) is 1.81. The van der Waals surface area contributed by atoms with Gasteiger partial charge in [0.1, 0.15) is 5.75 Å². The molecule has 1 aromatic rings. The molecular weight excluding hydrogens is 220 g/mol. The van der Waals surface area contributed by atoms with Gasteiger partial charge < -0.3 is 14.2 Å². The van der Waals surface area contributed by atoms with Gasteiger partial charge in [-0.05, 0) is 30.2 Å². The van der Waals surface area contributed by atoms with Crippen molar-refractivity contribution < 1.29 is 14.2 Å². The molecule has 0 aliphatic rings. The van der Waals surface area contributed by atoms with Crippen molar-refractivity contribution in [1.29, 1.82) is 0 Å². The number of hydrazine groups is 1. The highest BCUT2D eigenvalue weighted by Gasteiger charge is 2.23. The van der Waals surface area contributed by atoms with Gasteiger partial charge >= 0.3 is 0 Å². The summed E-state index contributed by atoms with van der Waals surface area (Å²) in [4.78, 5) is 0. The first-order valence-corrected chi connectivity index (χ1v) is 5.34. The summed E-state index contributed by atoms with van der Waals surface area (Å²) in [6.07, 6.45) is -0.438. The minimum absolute atomic E-state index is 0.226. The Hall–Kier alpha value is -1.14. The van der Waals surface area contributed by atoms with Gasteiger partial charge in [-0.3, -0.25) is 5.84 Å². The third-order valence-corrected chi connectivity index (χ3v) is 2.73. The lowest BCUT2D eigenvalue weighted by Gasteiger charge is -2.25. The van der Waals surface area contributed by atoms with Gasteiger partial charge in [0.05, 0.1) is 13.2 Å². The van der Waals surface area contributed by atoms with E-state index in [0.717, 1.165) is 16.9 Å². The van der Waals surface area contributed by atoms with E-state index in [-0.39, 0.29) is 6.04 Å². The van der Waals surface area contributed by atoms with E-state index >= 15 is 0 Å². The van der Waals surface area contributed by atoms with Crippen LogP contribution in [0.25, 0.3) is 0 Å².